The molecule has 0 bridgehead atoms. The molecule has 0 aromatic carbocycles. The number of hydrogen-bond acceptors (Lipinski definition) is 4. The third-order valence-electron chi connectivity index (χ3n) is 1.89. The van der Waals surface area contributed by atoms with E-state index in [1.807, 2.05) is 13.5 Å². The van der Waals surface area contributed by atoms with Gasteiger partial charge in [0.1, 0.15) is 6.10 Å². The van der Waals surface area contributed by atoms with Gasteiger partial charge in [-0.3, -0.25) is 4.79 Å². The summed E-state index contributed by atoms with van der Waals surface area (Å²) in [5, 5.41) is 0. The van der Waals surface area contributed by atoms with Gasteiger partial charge in [-0.1, -0.05) is 0 Å². The van der Waals surface area contributed by atoms with Crippen molar-refractivity contribution in [1.82, 2.24) is 0 Å². The molecule has 0 radical (unpaired) electrons. The smallest absolute Gasteiger partial charge is 0.338 e. The lowest BCUT2D eigenvalue weighted by Crippen LogP contribution is -2.39. The molecular formula is C8H18O4Si. The predicted octanol–water partition coefficient (Wildman–Crippen LogP) is 1.30. The quantitative estimate of drug-likeness (QED) is 0.502. The van der Waals surface area contributed by atoms with Crippen molar-refractivity contribution in [3.63, 3.8) is 0 Å². The Hall–Kier alpha value is -0.393. The lowest BCUT2D eigenvalue weighted by molar-refractivity contribution is -0.144. The lowest BCUT2D eigenvalue weighted by Gasteiger charge is -2.25. The summed E-state index contributed by atoms with van der Waals surface area (Å²) in [5.41, 5.74) is 0. The van der Waals surface area contributed by atoms with E-state index in [0.717, 1.165) is 0 Å². The van der Waals surface area contributed by atoms with Gasteiger partial charge in [-0.2, -0.15) is 0 Å². The minimum Gasteiger partial charge on any atom is -0.463 e. The first-order valence-electron chi connectivity index (χ1n) is 4.21. The molecule has 0 spiro atoms. The minimum absolute atomic E-state index is 0.144. The van der Waals surface area contributed by atoms with E-state index in [0.29, 0.717) is 6.04 Å². The van der Waals surface area contributed by atoms with E-state index >= 15 is 0 Å². The third kappa shape index (κ3) is 5.02. The second-order valence-corrected chi connectivity index (χ2v) is 6.66. The van der Waals surface area contributed by atoms with Crippen LogP contribution in [-0.4, -0.2) is 34.9 Å². The van der Waals surface area contributed by atoms with Gasteiger partial charge in [0, 0.05) is 27.2 Å². The molecule has 0 N–H and O–H groups in total. The van der Waals surface area contributed by atoms with Gasteiger partial charge in [-0.25, -0.2) is 0 Å². The summed E-state index contributed by atoms with van der Waals surface area (Å²) in [6, 6.07) is 0.652. The van der Waals surface area contributed by atoms with Crippen molar-refractivity contribution in [2.24, 2.45) is 0 Å². The van der Waals surface area contributed by atoms with Gasteiger partial charge >= 0.3 is 14.5 Å². The van der Waals surface area contributed by atoms with Crippen LogP contribution >= 0.6 is 0 Å². The summed E-state index contributed by atoms with van der Waals surface area (Å²) in [5.74, 6) is -0.268. The van der Waals surface area contributed by atoms with Crippen LogP contribution in [0.5, 0.6) is 0 Å². The summed E-state index contributed by atoms with van der Waals surface area (Å²) in [4.78, 5) is 10.6. The van der Waals surface area contributed by atoms with Crippen LogP contribution in [0.1, 0.15) is 13.8 Å². The van der Waals surface area contributed by atoms with Crippen molar-refractivity contribution in [2.75, 3.05) is 14.2 Å². The largest absolute Gasteiger partial charge is 0.463 e. The van der Waals surface area contributed by atoms with Crippen molar-refractivity contribution in [2.45, 2.75) is 32.5 Å². The van der Waals surface area contributed by atoms with Gasteiger partial charge in [0.25, 0.3) is 0 Å². The van der Waals surface area contributed by atoms with Crippen LogP contribution in [0, 0.1) is 0 Å². The van der Waals surface area contributed by atoms with E-state index < -0.39 is 8.56 Å². The molecule has 0 aromatic heterocycles. The zero-order chi connectivity index (χ0) is 10.5. The van der Waals surface area contributed by atoms with Crippen LogP contribution in [0.25, 0.3) is 0 Å². The molecule has 0 saturated heterocycles. The minimum atomic E-state index is -2.10. The Bertz CT molecular complexity index is 168. The van der Waals surface area contributed by atoms with Gasteiger partial charge < -0.3 is 13.6 Å². The Labute approximate surface area is 80.4 Å². The molecule has 0 saturated carbocycles. The average Bonchev–Trinajstić information content (AvgIpc) is 2.02. The van der Waals surface area contributed by atoms with Crippen molar-refractivity contribution in [1.29, 1.82) is 0 Å². The Morgan fingerprint density at radius 1 is 1.38 bits per heavy atom. The standard InChI is InChI=1S/C8H18O4Si/c1-7(12-8(2)9)6-13(5,10-3)11-4/h7H,6H2,1-5H3. The van der Waals surface area contributed by atoms with E-state index in [4.69, 9.17) is 13.6 Å². The van der Waals surface area contributed by atoms with Gasteiger partial charge in [-0.05, 0) is 13.5 Å². The normalized spacial score (nSPS) is 13.9. The van der Waals surface area contributed by atoms with Crippen LogP contribution in [0.15, 0.2) is 0 Å². The third-order valence-corrected chi connectivity index (χ3v) is 4.93. The molecule has 0 heterocycles. The number of rotatable bonds is 5. The maximum absolute atomic E-state index is 10.6. The molecule has 0 rings (SSSR count). The zero-order valence-corrected chi connectivity index (χ0v) is 9.92. The molecule has 13 heavy (non-hydrogen) atoms. The molecular weight excluding hydrogens is 188 g/mol. The second-order valence-electron chi connectivity index (χ2n) is 3.17. The number of ether oxygens (including phenoxy) is 1. The Morgan fingerprint density at radius 3 is 2.15 bits per heavy atom. The average molecular weight is 206 g/mol. The Kier molecular flexibility index (Phi) is 5.20. The second kappa shape index (κ2) is 5.36. The van der Waals surface area contributed by atoms with Gasteiger partial charge in [0.15, 0.2) is 0 Å². The first-order valence-corrected chi connectivity index (χ1v) is 6.73. The SMILES string of the molecule is CO[Si](C)(CC(C)OC(C)=O)OC. The molecule has 78 valence electrons. The van der Waals surface area contributed by atoms with E-state index in [1.54, 1.807) is 14.2 Å². The Morgan fingerprint density at radius 2 is 1.85 bits per heavy atom. The van der Waals surface area contributed by atoms with Gasteiger partial charge in [-0.15, -0.1) is 0 Å². The highest BCUT2D eigenvalue weighted by atomic mass is 28.4. The molecule has 4 nitrogen and oxygen atoms in total. The van der Waals surface area contributed by atoms with E-state index in [2.05, 4.69) is 0 Å². The highest BCUT2D eigenvalue weighted by Crippen LogP contribution is 2.15. The van der Waals surface area contributed by atoms with Crippen molar-refractivity contribution in [3.8, 4) is 0 Å². The molecule has 0 aromatic rings. The predicted molar refractivity (Wildman–Crippen MR) is 51.7 cm³/mol. The topological polar surface area (TPSA) is 44.8 Å². The van der Waals surface area contributed by atoms with Crippen LogP contribution in [0.2, 0.25) is 12.6 Å². The summed E-state index contributed by atoms with van der Waals surface area (Å²) in [6.45, 7) is 5.17. The molecule has 0 fully saturated rings. The van der Waals surface area contributed by atoms with Crippen LogP contribution < -0.4 is 0 Å². The van der Waals surface area contributed by atoms with E-state index in [9.17, 15) is 4.79 Å². The molecule has 0 aliphatic heterocycles. The fourth-order valence-electron chi connectivity index (χ4n) is 1.10. The summed E-state index contributed by atoms with van der Waals surface area (Å²) in [7, 11) is 1.14. The summed E-state index contributed by atoms with van der Waals surface area (Å²) in [6.07, 6.45) is -0.144. The molecule has 0 aliphatic carbocycles. The molecule has 0 amide bonds. The first-order chi connectivity index (χ1) is 5.93. The number of hydrogen-bond donors (Lipinski definition) is 0. The van der Waals surface area contributed by atoms with Gasteiger partial charge in [0.05, 0.1) is 0 Å². The van der Waals surface area contributed by atoms with Crippen molar-refractivity contribution >= 4 is 14.5 Å². The lowest BCUT2D eigenvalue weighted by atomic mass is 10.5. The van der Waals surface area contributed by atoms with Crippen molar-refractivity contribution in [3.05, 3.63) is 0 Å². The van der Waals surface area contributed by atoms with Crippen LogP contribution in [0.4, 0.5) is 0 Å². The molecule has 5 heteroatoms. The van der Waals surface area contributed by atoms with E-state index in [1.165, 1.54) is 6.92 Å². The monoisotopic (exact) mass is 206 g/mol. The number of carbonyl (C=O) groups excluding carboxylic acids is 1. The maximum Gasteiger partial charge on any atom is 0.338 e. The van der Waals surface area contributed by atoms with Crippen LogP contribution in [0.3, 0.4) is 0 Å². The zero-order valence-electron chi connectivity index (χ0n) is 8.92. The molecule has 1 unspecified atom stereocenters. The number of carbonyl (C=O) groups is 1. The maximum atomic E-state index is 10.6. The Balaban J connectivity index is 4.01. The van der Waals surface area contributed by atoms with Crippen molar-refractivity contribution < 1.29 is 18.4 Å². The first kappa shape index (κ1) is 12.6. The highest BCUT2D eigenvalue weighted by molar-refractivity contribution is 6.66. The molecule has 0 aliphatic rings. The summed E-state index contributed by atoms with van der Waals surface area (Å²) < 4.78 is 15.5. The fourth-order valence-corrected chi connectivity index (χ4v) is 2.72. The van der Waals surface area contributed by atoms with Crippen LogP contribution in [-0.2, 0) is 18.4 Å². The fraction of sp³-hybridized carbons (Fsp3) is 0.875. The molecule has 1 atom stereocenters. The van der Waals surface area contributed by atoms with E-state index in [-0.39, 0.29) is 12.1 Å². The number of esters is 1. The highest BCUT2D eigenvalue weighted by Gasteiger charge is 2.32. The summed E-state index contributed by atoms with van der Waals surface area (Å²) >= 11 is 0. The van der Waals surface area contributed by atoms with Gasteiger partial charge in [0.2, 0.25) is 0 Å².